The molecule has 0 radical (unpaired) electrons. The summed E-state index contributed by atoms with van der Waals surface area (Å²) in [6.45, 7) is 5.68. The number of benzene rings is 1. The third kappa shape index (κ3) is 2.98. The Bertz CT molecular complexity index is 787. The summed E-state index contributed by atoms with van der Waals surface area (Å²) >= 11 is 0. The highest BCUT2D eigenvalue weighted by Gasteiger charge is 2.13. The van der Waals surface area contributed by atoms with E-state index in [0.29, 0.717) is 0 Å². The molecule has 0 amide bonds. The second-order valence-corrected chi connectivity index (χ2v) is 5.80. The van der Waals surface area contributed by atoms with Crippen LogP contribution in [0.4, 0.5) is 0 Å². The molecule has 0 unspecified atom stereocenters. The van der Waals surface area contributed by atoms with Crippen molar-refractivity contribution in [1.29, 1.82) is 0 Å². The average Bonchev–Trinajstić information content (AvgIpc) is 3.09. The van der Waals surface area contributed by atoms with Crippen LogP contribution in [0.15, 0.2) is 49.1 Å². The van der Waals surface area contributed by atoms with Crippen molar-refractivity contribution in [2.24, 2.45) is 0 Å². The number of aromatic nitrogens is 3. The molecule has 2 aromatic heterocycles. The molecule has 0 aliphatic carbocycles. The highest BCUT2D eigenvalue weighted by molar-refractivity contribution is 5.94. The fourth-order valence-electron chi connectivity index (χ4n) is 3.13. The molecule has 0 atom stereocenters. The van der Waals surface area contributed by atoms with Crippen LogP contribution < -0.4 is 0 Å². The van der Waals surface area contributed by atoms with Crippen molar-refractivity contribution in [1.82, 2.24) is 19.4 Å². The van der Waals surface area contributed by atoms with Gasteiger partial charge < -0.3 is 9.30 Å². The third-order valence-corrected chi connectivity index (χ3v) is 4.40. The van der Waals surface area contributed by atoms with Crippen LogP contribution in [0.1, 0.15) is 0 Å². The Morgan fingerprint density at radius 1 is 1.04 bits per heavy atom. The minimum absolute atomic E-state index is 0.840. The van der Waals surface area contributed by atoms with Gasteiger partial charge in [-0.2, -0.15) is 0 Å². The van der Waals surface area contributed by atoms with Gasteiger partial charge in [0.1, 0.15) is 5.82 Å². The fourth-order valence-corrected chi connectivity index (χ4v) is 3.13. The molecule has 5 heteroatoms. The molecule has 0 N–H and O–H groups in total. The smallest absolute Gasteiger partial charge is 0.140 e. The SMILES string of the molecule is c1cc(-c2nccn2CCN2CCOCC2)c2ccncc2c1. The van der Waals surface area contributed by atoms with Crippen LogP contribution in [-0.2, 0) is 11.3 Å². The molecular weight excluding hydrogens is 288 g/mol. The van der Waals surface area contributed by atoms with E-state index in [1.807, 2.05) is 18.6 Å². The fraction of sp³-hybridized carbons (Fsp3) is 0.333. The van der Waals surface area contributed by atoms with Crippen LogP contribution in [0, 0.1) is 0 Å². The summed E-state index contributed by atoms with van der Waals surface area (Å²) < 4.78 is 7.65. The monoisotopic (exact) mass is 308 g/mol. The van der Waals surface area contributed by atoms with Gasteiger partial charge in [0.25, 0.3) is 0 Å². The summed E-state index contributed by atoms with van der Waals surface area (Å²) in [5.74, 6) is 1.02. The maximum atomic E-state index is 5.41. The summed E-state index contributed by atoms with van der Waals surface area (Å²) in [5, 5.41) is 2.34. The molecule has 0 spiro atoms. The Labute approximate surface area is 135 Å². The Balaban J connectivity index is 1.61. The van der Waals surface area contributed by atoms with Crippen molar-refractivity contribution in [2.45, 2.75) is 6.54 Å². The lowest BCUT2D eigenvalue weighted by molar-refractivity contribution is 0.0364. The van der Waals surface area contributed by atoms with Gasteiger partial charge in [0, 0.05) is 61.9 Å². The predicted octanol–water partition coefficient (Wildman–Crippen LogP) is 2.43. The van der Waals surface area contributed by atoms with E-state index >= 15 is 0 Å². The summed E-state index contributed by atoms with van der Waals surface area (Å²) in [6.07, 6.45) is 7.69. The molecule has 1 aliphatic rings. The number of imidazole rings is 1. The number of nitrogens with zero attached hydrogens (tertiary/aromatic N) is 4. The molecule has 1 fully saturated rings. The normalized spacial score (nSPS) is 16.0. The van der Waals surface area contributed by atoms with Gasteiger partial charge in [-0.15, -0.1) is 0 Å². The van der Waals surface area contributed by atoms with Crippen molar-refractivity contribution < 1.29 is 4.74 Å². The number of rotatable bonds is 4. The van der Waals surface area contributed by atoms with E-state index in [1.54, 1.807) is 0 Å². The number of hydrogen-bond acceptors (Lipinski definition) is 4. The van der Waals surface area contributed by atoms with Crippen molar-refractivity contribution in [3.63, 3.8) is 0 Å². The number of hydrogen-bond donors (Lipinski definition) is 0. The standard InChI is InChI=1S/C18H20N4O/c1-2-15-14-19-5-4-16(15)17(3-1)18-20-6-7-22(18)9-8-21-10-12-23-13-11-21/h1-7,14H,8-13H2. The third-order valence-electron chi connectivity index (χ3n) is 4.40. The summed E-state index contributed by atoms with van der Waals surface area (Å²) in [5.41, 5.74) is 1.16. The zero-order valence-electron chi connectivity index (χ0n) is 13.1. The average molecular weight is 308 g/mol. The molecule has 118 valence electrons. The second kappa shape index (κ2) is 6.48. The van der Waals surface area contributed by atoms with Gasteiger partial charge in [-0.25, -0.2) is 4.98 Å². The summed E-state index contributed by atoms with van der Waals surface area (Å²) in [6, 6.07) is 8.36. The van der Waals surface area contributed by atoms with E-state index < -0.39 is 0 Å². The van der Waals surface area contributed by atoms with Crippen LogP contribution in [0.3, 0.4) is 0 Å². The highest BCUT2D eigenvalue weighted by atomic mass is 16.5. The first-order chi connectivity index (χ1) is 11.4. The molecule has 0 saturated carbocycles. The first-order valence-electron chi connectivity index (χ1n) is 8.06. The Morgan fingerprint density at radius 3 is 2.87 bits per heavy atom. The van der Waals surface area contributed by atoms with Gasteiger partial charge in [0.2, 0.25) is 0 Å². The summed E-state index contributed by atoms with van der Waals surface area (Å²) in [7, 11) is 0. The highest BCUT2D eigenvalue weighted by Crippen LogP contribution is 2.26. The van der Waals surface area contributed by atoms with Crippen LogP contribution in [0.25, 0.3) is 22.2 Å². The van der Waals surface area contributed by atoms with Gasteiger partial charge in [0.05, 0.1) is 13.2 Å². The Morgan fingerprint density at radius 2 is 1.96 bits per heavy atom. The number of morpholine rings is 1. The van der Waals surface area contributed by atoms with E-state index in [-0.39, 0.29) is 0 Å². The zero-order valence-corrected chi connectivity index (χ0v) is 13.1. The summed E-state index contributed by atoms with van der Waals surface area (Å²) in [4.78, 5) is 11.3. The number of fused-ring (bicyclic) bond motifs is 1. The predicted molar refractivity (Wildman–Crippen MR) is 90.2 cm³/mol. The van der Waals surface area contributed by atoms with E-state index in [0.717, 1.165) is 56.2 Å². The minimum atomic E-state index is 0.840. The van der Waals surface area contributed by atoms with E-state index in [4.69, 9.17) is 4.74 Å². The largest absolute Gasteiger partial charge is 0.379 e. The molecule has 0 bridgehead atoms. The Hall–Kier alpha value is -2.24. The number of ether oxygens (including phenoxy) is 1. The van der Waals surface area contributed by atoms with Crippen molar-refractivity contribution in [2.75, 3.05) is 32.8 Å². The number of pyridine rings is 1. The lowest BCUT2D eigenvalue weighted by Gasteiger charge is -2.26. The first kappa shape index (κ1) is 14.4. The van der Waals surface area contributed by atoms with Crippen LogP contribution in [0.2, 0.25) is 0 Å². The molecular formula is C18H20N4O. The van der Waals surface area contributed by atoms with Gasteiger partial charge in [-0.1, -0.05) is 18.2 Å². The second-order valence-electron chi connectivity index (χ2n) is 5.80. The molecule has 1 aromatic carbocycles. The van der Waals surface area contributed by atoms with Gasteiger partial charge in [-0.3, -0.25) is 9.88 Å². The zero-order chi connectivity index (χ0) is 15.5. The van der Waals surface area contributed by atoms with Crippen LogP contribution in [0.5, 0.6) is 0 Å². The molecule has 1 aliphatic heterocycles. The van der Waals surface area contributed by atoms with Crippen LogP contribution in [-0.4, -0.2) is 52.3 Å². The van der Waals surface area contributed by atoms with Crippen LogP contribution >= 0.6 is 0 Å². The lowest BCUT2D eigenvalue weighted by Crippen LogP contribution is -2.38. The Kier molecular flexibility index (Phi) is 4.05. The van der Waals surface area contributed by atoms with E-state index in [2.05, 4.69) is 49.9 Å². The first-order valence-corrected chi connectivity index (χ1v) is 8.06. The molecule has 23 heavy (non-hydrogen) atoms. The molecule has 1 saturated heterocycles. The van der Waals surface area contributed by atoms with E-state index in [1.165, 1.54) is 5.39 Å². The molecule has 4 rings (SSSR count). The van der Waals surface area contributed by atoms with Crippen molar-refractivity contribution in [3.8, 4) is 11.4 Å². The maximum absolute atomic E-state index is 5.41. The van der Waals surface area contributed by atoms with Crippen molar-refractivity contribution in [3.05, 3.63) is 49.1 Å². The quantitative estimate of drug-likeness (QED) is 0.742. The molecule has 5 nitrogen and oxygen atoms in total. The lowest BCUT2D eigenvalue weighted by atomic mass is 10.1. The molecule has 3 aromatic rings. The molecule has 3 heterocycles. The van der Waals surface area contributed by atoms with Gasteiger partial charge in [0.15, 0.2) is 0 Å². The van der Waals surface area contributed by atoms with Crippen molar-refractivity contribution >= 4 is 10.8 Å². The topological polar surface area (TPSA) is 43.2 Å². The van der Waals surface area contributed by atoms with E-state index in [9.17, 15) is 0 Å². The van der Waals surface area contributed by atoms with Gasteiger partial charge >= 0.3 is 0 Å². The van der Waals surface area contributed by atoms with Gasteiger partial charge in [-0.05, 0) is 11.5 Å². The maximum Gasteiger partial charge on any atom is 0.140 e. The minimum Gasteiger partial charge on any atom is -0.379 e.